The second-order valence-corrected chi connectivity index (χ2v) is 6.74. The minimum atomic E-state index is -0.417. The summed E-state index contributed by atoms with van der Waals surface area (Å²) in [4.78, 5) is 25.9. The first kappa shape index (κ1) is 19.8. The van der Waals surface area contributed by atoms with Gasteiger partial charge in [-0.2, -0.15) is 4.68 Å². The molecule has 8 nitrogen and oxygen atoms in total. The molecule has 0 fully saturated rings. The molecule has 2 aromatic rings. The molecule has 0 radical (unpaired) electrons. The van der Waals surface area contributed by atoms with E-state index in [1.165, 1.54) is 12.5 Å². The molecule has 1 aromatic carbocycles. The first-order chi connectivity index (χ1) is 12.4. The molecule has 26 heavy (non-hydrogen) atoms. The molecular formula is C17H24N6O2S. The van der Waals surface area contributed by atoms with Gasteiger partial charge in [-0.05, 0) is 38.5 Å². The van der Waals surface area contributed by atoms with Crippen LogP contribution in [0.15, 0.2) is 34.2 Å². The topological polar surface area (TPSA) is 106 Å². The maximum atomic E-state index is 12.0. The van der Waals surface area contributed by atoms with Crippen LogP contribution in [0.5, 0.6) is 0 Å². The molecule has 0 aliphatic rings. The van der Waals surface area contributed by atoms with Crippen molar-refractivity contribution in [2.24, 2.45) is 0 Å². The zero-order chi connectivity index (χ0) is 19.1. The summed E-state index contributed by atoms with van der Waals surface area (Å²) in [7, 11) is 0. The number of anilines is 1. The maximum absolute atomic E-state index is 12.0. The second-order valence-electron chi connectivity index (χ2n) is 5.80. The van der Waals surface area contributed by atoms with Crippen LogP contribution in [0, 0.1) is 13.8 Å². The number of amides is 1. The fourth-order valence-corrected chi connectivity index (χ4v) is 3.06. The predicted molar refractivity (Wildman–Crippen MR) is 104 cm³/mol. The number of likely N-dealkylation sites (N-methyl/N-ethyl adjacent to an activating group) is 1. The number of aryl methyl sites for hydroxylation is 2. The van der Waals surface area contributed by atoms with E-state index in [0.717, 1.165) is 28.7 Å². The highest BCUT2D eigenvalue weighted by Crippen LogP contribution is 2.15. The molecule has 0 aliphatic heterocycles. The Kier molecular flexibility index (Phi) is 7.02. The first-order valence-electron chi connectivity index (χ1n) is 8.35. The number of nitrogens with two attached hydrogens (primary N) is 1. The van der Waals surface area contributed by atoms with Crippen molar-refractivity contribution >= 4 is 23.4 Å². The highest BCUT2D eigenvalue weighted by Gasteiger charge is 2.11. The van der Waals surface area contributed by atoms with Crippen LogP contribution in [0.3, 0.4) is 0 Å². The van der Waals surface area contributed by atoms with E-state index in [0.29, 0.717) is 13.1 Å². The molecule has 0 saturated heterocycles. The van der Waals surface area contributed by atoms with E-state index < -0.39 is 5.56 Å². The average molecular weight is 376 g/mol. The highest BCUT2D eigenvalue weighted by atomic mass is 32.2. The van der Waals surface area contributed by atoms with Crippen LogP contribution < -0.4 is 21.6 Å². The lowest BCUT2D eigenvalue weighted by atomic mass is 10.2. The van der Waals surface area contributed by atoms with Gasteiger partial charge >= 0.3 is 0 Å². The van der Waals surface area contributed by atoms with Gasteiger partial charge in [0.15, 0.2) is 0 Å². The molecule has 0 atom stereocenters. The maximum Gasteiger partial charge on any atom is 0.294 e. The number of aromatic nitrogens is 3. The number of benzene rings is 1. The Hall–Kier alpha value is -2.55. The van der Waals surface area contributed by atoms with E-state index >= 15 is 0 Å². The number of nitrogens with one attached hydrogen (secondary N) is 1. The zero-order valence-electron chi connectivity index (χ0n) is 15.2. The predicted octanol–water partition coefficient (Wildman–Crippen LogP) is 0.704. The number of carbonyl (C=O) groups excluding carboxylic acids is 1. The number of nitrogen functional groups attached to an aromatic ring is 1. The van der Waals surface area contributed by atoms with Gasteiger partial charge in [-0.3, -0.25) is 9.59 Å². The average Bonchev–Trinajstić information content (AvgIpc) is 2.62. The lowest BCUT2D eigenvalue weighted by Crippen LogP contribution is -2.36. The van der Waals surface area contributed by atoms with Crippen molar-refractivity contribution in [1.29, 1.82) is 0 Å². The Morgan fingerprint density at radius 2 is 2.12 bits per heavy atom. The van der Waals surface area contributed by atoms with E-state index in [4.69, 9.17) is 5.84 Å². The van der Waals surface area contributed by atoms with Crippen molar-refractivity contribution in [2.45, 2.75) is 25.9 Å². The van der Waals surface area contributed by atoms with Crippen LogP contribution in [0.25, 0.3) is 0 Å². The largest absolute Gasteiger partial charge is 0.370 e. The van der Waals surface area contributed by atoms with Crippen LogP contribution in [-0.2, 0) is 4.79 Å². The Morgan fingerprint density at radius 3 is 2.81 bits per heavy atom. The number of rotatable bonds is 8. The minimum Gasteiger partial charge on any atom is -0.370 e. The molecule has 9 heteroatoms. The molecule has 1 aromatic heterocycles. The van der Waals surface area contributed by atoms with Gasteiger partial charge in [0.1, 0.15) is 5.69 Å². The zero-order valence-corrected chi connectivity index (χ0v) is 16.0. The quantitative estimate of drug-likeness (QED) is 0.516. The van der Waals surface area contributed by atoms with Gasteiger partial charge in [0.2, 0.25) is 11.1 Å². The fourth-order valence-electron chi connectivity index (χ4n) is 2.37. The highest BCUT2D eigenvalue weighted by molar-refractivity contribution is 7.99. The van der Waals surface area contributed by atoms with Crippen LogP contribution >= 0.6 is 11.8 Å². The van der Waals surface area contributed by atoms with E-state index in [9.17, 15) is 9.59 Å². The summed E-state index contributed by atoms with van der Waals surface area (Å²) in [5.41, 5.74) is 2.14. The minimum absolute atomic E-state index is 0.116. The molecule has 140 valence electrons. The molecule has 1 heterocycles. The smallest absolute Gasteiger partial charge is 0.294 e. The first-order valence-corrected chi connectivity index (χ1v) is 9.33. The molecule has 2 rings (SSSR count). The molecule has 0 saturated carbocycles. The van der Waals surface area contributed by atoms with E-state index in [-0.39, 0.29) is 22.5 Å². The standard InChI is InChI=1S/C17H24N6O2S/c1-4-22(14-7-5-6-12(2)10-14)9-8-19-15(24)11-26-17-21-20-13(3)16(25)23(17)18/h5-7,10H,4,8-9,11,18H2,1-3H3,(H,19,24). The van der Waals surface area contributed by atoms with Crippen LogP contribution in [-0.4, -0.2) is 46.2 Å². The number of hydrogen-bond acceptors (Lipinski definition) is 7. The normalized spacial score (nSPS) is 10.6. The van der Waals surface area contributed by atoms with Crippen molar-refractivity contribution in [3.8, 4) is 0 Å². The van der Waals surface area contributed by atoms with Crippen LogP contribution in [0.2, 0.25) is 0 Å². The fraction of sp³-hybridized carbons (Fsp3) is 0.412. The SMILES string of the molecule is CCN(CCNC(=O)CSc1nnc(C)c(=O)n1N)c1cccc(C)c1. The van der Waals surface area contributed by atoms with Crippen molar-refractivity contribution in [2.75, 3.05) is 36.1 Å². The van der Waals surface area contributed by atoms with Gasteiger partial charge < -0.3 is 16.1 Å². The number of carbonyl (C=O) groups is 1. The number of nitrogens with zero attached hydrogens (tertiary/aromatic N) is 4. The molecule has 1 amide bonds. The van der Waals surface area contributed by atoms with Crippen LogP contribution in [0.4, 0.5) is 5.69 Å². The molecule has 0 bridgehead atoms. The summed E-state index contributed by atoms with van der Waals surface area (Å²) in [5, 5.41) is 10.7. The van der Waals surface area contributed by atoms with E-state index in [1.54, 1.807) is 0 Å². The summed E-state index contributed by atoms with van der Waals surface area (Å²) < 4.78 is 0.914. The third-order valence-corrected chi connectivity index (χ3v) is 4.75. The van der Waals surface area contributed by atoms with Gasteiger partial charge in [0.25, 0.3) is 5.56 Å². The summed E-state index contributed by atoms with van der Waals surface area (Å²) >= 11 is 1.08. The monoisotopic (exact) mass is 376 g/mol. The Balaban J connectivity index is 1.81. The second kappa shape index (κ2) is 9.23. The van der Waals surface area contributed by atoms with Crippen molar-refractivity contribution in [3.05, 3.63) is 45.9 Å². The Morgan fingerprint density at radius 1 is 1.35 bits per heavy atom. The van der Waals surface area contributed by atoms with E-state index in [1.807, 2.05) is 6.07 Å². The van der Waals surface area contributed by atoms with Crippen molar-refractivity contribution < 1.29 is 4.79 Å². The lowest BCUT2D eigenvalue weighted by Gasteiger charge is -2.23. The Bertz CT molecular complexity index is 823. The number of thioether (sulfide) groups is 1. The molecule has 0 spiro atoms. The van der Waals surface area contributed by atoms with E-state index in [2.05, 4.69) is 52.5 Å². The van der Waals surface area contributed by atoms with Crippen molar-refractivity contribution in [1.82, 2.24) is 20.2 Å². The lowest BCUT2D eigenvalue weighted by molar-refractivity contribution is -0.118. The molecular weight excluding hydrogens is 352 g/mol. The summed E-state index contributed by atoms with van der Waals surface area (Å²) in [6.45, 7) is 7.76. The van der Waals surface area contributed by atoms with Crippen LogP contribution in [0.1, 0.15) is 18.2 Å². The molecule has 3 N–H and O–H groups in total. The summed E-state index contributed by atoms with van der Waals surface area (Å²) in [6, 6.07) is 8.27. The van der Waals surface area contributed by atoms with Gasteiger partial charge in [0, 0.05) is 25.3 Å². The summed E-state index contributed by atoms with van der Waals surface area (Å²) in [6.07, 6.45) is 0. The molecule has 0 unspecified atom stereocenters. The molecule has 0 aliphatic carbocycles. The Labute approximate surface area is 156 Å². The number of hydrogen-bond donors (Lipinski definition) is 2. The van der Waals surface area contributed by atoms with Gasteiger partial charge in [-0.15, -0.1) is 10.2 Å². The van der Waals surface area contributed by atoms with Gasteiger partial charge in [0.05, 0.1) is 5.75 Å². The third kappa shape index (κ3) is 5.22. The summed E-state index contributed by atoms with van der Waals surface area (Å²) in [5.74, 6) is 5.61. The van der Waals surface area contributed by atoms with Crippen molar-refractivity contribution in [3.63, 3.8) is 0 Å². The van der Waals surface area contributed by atoms with Gasteiger partial charge in [-0.1, -0.05) is 23.9 Å². The third-order valence-electron chi connectivity index (χ3n) is 3.80. The van der Waals surface area contributed by atoms with Gasteiger partial charge in [-0.25, -0.2) is 0 Å².